The number of halogens is 1. The second kappa shape index (κ2) is 10.1. The molecule has 0 saturated heterocycles. The van der Waals surface area contributed by atoms with E-state index < -0.39 is 11.9 Å². The van der Waals surface area contributed by atoms with Gasteiger partial charge in [-0.05, 0) is 49.2 Å². The van der Waals surface area contributed by atoms with Crippen molar-refractivity contribution in [3.05, 3.63) is 45.3 Å². The Morgan fingerprint density at radius 3 is 2.55 bits per heavy atom. The number of nitrogens with two attached hydrogens (primary N) is 1. The summed E-state index contributed by atoms with van der Waals surface area (Å²) in [6, 6.07) is 6.28. The number of nitrogens with zero attached hydrogens (tertiary/aromatic N) is 2. The maximum absolute atomic E-state index is 12.4. The molecule has 3 rings (SSSR count). The van der Waals surface area contributed by atoms with Crippen LogP contribution in [0.15, 0.2) is 24.3 Å². The molecule has 0 atom stereocenters. The lowest BCUT2D eigenvalue weighted by Crippen LogP contribution is -2.32. The van der Waals surface area contributed by atoms with Crippen LogP contribution in [0.25, 0.3) is 0 Å². The van der Waals surface area contributed by atoms with Gasteiger partial charge in [0.05, 0.1) is 5.56 Å². The first-order valence-electron chi connectivity index (χ1n) is 9.95. The summed E-state index contributed by atoms with van der Waals surface area (Å²) in [7, 11) is 3.51. The molecule has 1 aromatic heterocycles. The molecule has 1 aliphatic rings. The minimum atomic E-state index is -0.552. The van der Waals surface area contributed by atoms with Crippen molar-refractivity contribution in [3.63, 3.8) is 0 Å². The summed E-state index contributed by atoms with van der Waals surface area (Å²) in [5.41, 5.74) is 7.50. The van der Waals surface area contributed by atoms with Crippen LogP contribution in [0.4, 0.5) is 15.5 Å². The van der Waals surface area contributed by atoms with E-state index >= 15 is 0 Å². The number of urea groups is 1. The lowest BCUT2D eigenvalue weighted by molar-refractivity contribution is -0.128. The van der Waals surface area contributed by atoms with E-state index in [9.17, 15) is 14.4 Å². The minimum absolute atomic E-state index is 0.114. The van der Waals surface area contributed by atoms with Crippen molar-refractivity contribution in [1.82, 2.24) is 9.80 Å². The predicted molar refractivity (Wildman–Crippen MR) is 124 cm³/mol. The molecule has 1 aromatic carbocycles. The van der Waals surface area contributed by atoms with Crippen molar-refractivity contribution < 1.29 is 14.4 Å². The molecule has 2 aromatic rings. The Hall–Kier alpha value is -2.62. The summed E-state index contributed by atoms with van der Waals surface area (Å²) in [6.07, 6.45) is 1.95. The van der Waals surface area contributed by atoms with Crippen LogP contribution in [0.2, 0.25) is 5.02 Å². The SMILES string of the molecule is CN(C)C(=O)CCCN1CCc2c(sc(NC(=O)Nc3ccc(Cl)cc3)c2C(N)=O)C1. The topological polar surface area (TPSA) is 108 Å². The standard InChI is InChI=1S/C21H26ClN5O3S/c1-26(2)17(28)4-3-10-27-11-9-15-16(12-27)31-20(18(15)19(23)29)25-21(30)24-14-7-5-13(22)6-8-14/h5-8H,3-4,9-12H2,1-2H3,(H2,23,29)(H2,24,25,30). The second-order valence-electron chi connectivity index (χ2n) is 7.58. The van der Waals surface area contributed by atoms with Crippen LogP contribution in [0.5, 0.6) is 0 Å². The maximum Gasteiger partial charge on any atom is 0.324 e. The zero-order valence-electron chi connectivity index (χ0n) is 17.5. The summed E-state index contributed by atoms with van der Waals surface area (Å²) in [5.74, 6) is -0.438. The third kappa shape index (κ3) is 5.96. The highest BCUT2D eigenvalue weighted by molar-refractivity contribution is 7.17. The molecule has 10 heteroatoms. The number of primary amides is 1. The largest absolute Gasteiger partial charge is 0.365 e. The number of benzene rings is 1. The summed E-state index contributed by atoms with van der Waals surface area (Å²) >= 11 is 7.23. The van der Waals surface area contributed by atoms with Crippen molar-refractivity contribution in [2.75, 3.05) is 37.8 Å². The molecule has 0 bridgehead atoms. The van der Waals surface area contributed by atoms with E-state index in [0.29, 0.717) is 40.7 Å². The van der Waals surface area contributed by atoms with Gasteiger partial charge in [0.1, 0.15) is 5.00 Å². The molecule has 4 amide bonds. The molecule has 2 heterocycles. The fourth-order valence-electron chi connectivity index (χ4n) is 3.47. The van der Waals surface area contributed by atoms with Gasteiger partial charge in [0.2, 0.25) is 5.91 Å². The Bertz CT molecular complexity index is 974. The van der Waals surface area contributed by atoms with Crippen molar-refractivity contribution >= 4 is 51.5 Å². The van der Waals surface area contributed by atoms with Crippen LogP contribution in [0.3, 0.4) is 0 Å². The Kier molecular flexibility index (Phi) is 7.53. The van der Waals surface area contributed by atoms with Gasteiger partial charge >= 0.3 is 6.03 Å². The number of thiophene rings is 1. The fraction of sp³-hybridized carbons (Fsp3) is 0.381. The van der Waals surface area contributed by atoms with Gasteiger partial charge in [-0.3, -0.25) is 19.8 Å². The predicted octanol–water partition coefficient (Wildman–Crippen LogP) is 3.37. The first-order valence-corrected chi connectivity index (χ1v) is 11.1. The summed E-state index contributed by atoms with van der Waals surface area (Å²) in [6.45, 7) is 2.23. The number of amides is 4. The molecule has 4 N–H and O–H groups in total. The van der Waals surface area contributed by atoms with E-state index in [4.69, 9.17) is 17.3 Å². The van der Waals surface area contributed by atoms with Crippen LogP contribution in [0, 0.1) is 0 Å². The smallest absolute Gasteiger partial charge is 0.324 e. The molecular weight excluding hydrogens is 438 g/mol. The lowest BCUT2D eigenvalue weighted by atomic mass is 10.0. The van der Waals surface area contributed by atoms with Gasteiger partial charge in [0, 0.05) is 49.2 Å². The molecule has 0 spiro atoms. The number of nitrogens with one attached hydrogen (secondary N) is 2. The fourth-order valence-corrected chi connectivity index (χ4v) is 4.89. The summed E-state index contributed by atoms with van der Waals surface area (Å²) in [4.78, 5) is 41.2. The Morgan fingerprint density at radius 2 is 1.90 bits per heavy atom. The number of rotatable bonds is 7. The Labute approximate surface area is 190 Å². The second-order valence-corrected chi connectivity index (χ2v) is 9.12. The van der Waals surface area contributed by atoms with Crippen LogP contribution in [-0.4, -0.2) is 54.8 Å². The van der Waals surface area contributed by atoms with E-state index in [1.165, 1.54) is 11.3 Å². The molecule has 31 heavy (non-hydrogen) atoms. The molecular formula is C21H26ClN5O3S. The molecule has 0 radical (unpaired) electrons. The van der Waals surface area contributed by atoms with Gasteiger partial charge < -0.3 is 16.0 Å². The normalized spacial score (nSPS) is 13.4. The highest BCUT2D eigenvalue weighted by atomic mass is 35.5. The number of hydrogen-bond acceptors (Lipinski definition) is 5. The quantitative estimate of drug-likeness (QED) is 0.585. The highest BCUT2D eigenvalue weighted by Gasteiger charge is 2.27. The third-order valence-electron chi connectivity index (χ3n) is 5.08. The van der Waals surface area contributed by atoms with Gasteiger partial charge in [-0.1, -0.05) is 11.6 Å². The van der Waals surface area contributed by atoms with E-state index in [1.54, 1.807) is 43.3 Å². The Balaban J connectivity index is 1.66. The third-order valence-corrected chi connectivity index (χ3v) is 6.46. The molecule has 0 unspecified atom stereocenters. The number of fused-ring (bicyclic) bond motifs is 1. The summed E-state index contributed by atoms with van der Waals surface area (Å²) in [5, 5.41) is 6.51. The van der Waals surface area contributed by atoms with Crippen LogP contribution < -0.4 is 16.4 Å². The van der Waals surface area contributed by atoms with Gasteiger partial charge in [-0.15, -0.1) is 11.3 Å². The number of carbonyl (C=O) groups is 3. The van der Waals surface area contributed by atoms with E-state index in [2.05, 4.69) is 15.5 Å². The van der Waals surface area contributed by atoms with E-state index in [-0.39, 0.29) is 5.91 Å². The molecule has 0 saturated carbocycles. The number of anilines is 2. The zero-order valence-corrected chi connectivity index (χ0v) is 19.1. The van der Waals surface area contributed by atoms with E-state index in [1.807, 2.05) is 0 Å². The van der Waals surface area contributed by atoms with Gasteiger partial charge in [0.25, 0.3) is 5.91 Å². The van der Waals surface area contributed by atoms with E-state index in [0.717, 1.165) is 30.0 Å². The highest BCUT2D eigenvalue weighted by Crippen LogP contribution is 2.37. The van der Waals surface area contributed by atoms with Crippen molar-refractivity contribution in [2.45, 2.75) is 25.8 Å². The molecule has 0 fully saturated rings. The van der Waals surface area contributed by atoms with Gasteiger partial charge in [-0.2, -0.15) is 0 Å². The lowest BCUT2D eigenvalue weighted by Gasteiger charge is -2.27. The zero-order chi connectivity index (χ0) is 22.5. The minimum Gasteiger partial charge on any atom is -0.365 e. The first-order chi connectivity index (χ1) is 14.7. The average Bonchev–Trinajstić information content (AvgIpc) is 3.06. The monoisotopic (exact) mass is 463 g/mol. The van der Waals surface area contributed by atoms with Crippen LogP contribution >= 0.6 is 22.9 Å². The number of hydrogen-bond donors (Lipinski definition) is 3. The summed E-state index contributed by atoms with van der Waals surface area (Å²) < 4.78 is 0. The molecule has 1 aliphatic heterocycles. The van der Waals surface area contributed by atoms with Gasteiger partial charge in [-0.25, -0.2) is 4.79 Å². The van der Waals surface area contributed by atoms with Gasteiger partial charge in [0.15, 0.2) is 0 Å². The first kappa shape index (κ1) is 23.1. The number of carbonyl (C=O) groups excluding carboxylic acids is 3. The van der Waals surface area contributed by atoms with Crippen molar-refractivity contribution in [1.29, 1.82) is 0 Å². The van der Waals surface area contributed by atoms with Crippen LogP contribution in [-0.2, 0) is 17.8 Å². The maximum atomic E-state index is 12.4. The van der Waals surface area contributed by atoms with Crippen molar-refractivity contribution in [2.24, 2.45) is 5.73 Å². The molecule has 0 aliphatic carbocycles. The molecule has 8 nitrogen and oxygen atoms in total. The molecule has 166 valence electrons. The van der Waals surface area contributed by atoms with Crippen molar-refractivity contribution in [3.8, 4) is 0 Å². The van der Waals surface area contributed by atoms with Crippen LogP contribution in [0.1, 0.15) is 33.6 Å². The Morgan fingerprint density at radius 1 is 1.19 bits per heavy atom. The average molecular weight is 464 g/mol.